The van der Waals surface area contributed by atoms with Crippen LogP contribution in [0.4, 0.5) is 10.1 Å². The van der Waals surface area contributed by atoms with E-state index in [1.807, 2.05) is 13.8 Å². The number of sulfonamides is 1. The number of carbonyl (C=O) groups is 1. The van der Waals surface area contributed by atoms with Crippen molar-refractivity contribution in [2.24, 2.45) is 5.41 Å². The molecule has 0 saturated heterocycles. The number of nitrogens with one attached hydrogen (secondary N) is 1. The Hall–Kier alpha value is -1.63. The first-order valence-corrected chi connectivity index (χ1v) is 10.6. The molecule has 0 spiro atoms. The molecule has 148 valence electrons. The zero-order chi connectivity index (χ0) is 20.2. The van der Waals surface area contributed by atoms with Gasteiger partial charge in [-0.3, -0.25) is 9.10 Å². The van der Waals surface area contributed by atoms with E-state index in [2.05, 4.69) is 26.1 Å². The van der Waals surface area contributed by atoms with Crippen LogP contribution in [0.1, 0.15) is 53.9 Å². The maximum absolute atomic E-state index is 14.0. The summed E-state index contributed by atoms with van der Waals surface area (Å²) in [4.78, 5) is 12.2. The second-order valence-electron chi connectivity index (χ2n) is 8.56. The molecule has 1 aromatic rings. The number of carbonyl (C=O) groups excluding carboxylic acids is 1. The fourth-order valence-electron chi connectivity index (χ4n) is 3.31. The molecule has 0 aliphatic rings. The Morgan fingerprint density at radius 2 is 1.73 bits per heavy atom. The lowest BCUT2D eigenvalue weighted by Crippen LogP contribution is -2.46. The van der Waals surface area contributed by atoms with Crippen LogP contribution in [0, 0.1) is 11.2 Å². The van der Waals surface area contributed by atoms with E-state index in [4.69, 9.17) is 0 Å². The highest BCUT2D eigenvalue weighted by Gasteiger charge is 2.27. The largest absolute Gasteiger partial charge is 0.351 e. The fourth-order valence-corrected chi connectivity index (χ4v) is 4.28. The molecule has 0 saturated carbocycles. The summed E-state index contributed by atoms with van der Waals surface area (Å²) in [5.74, 6) is -0.741. The van der Waals surface area contributed by atoms with Gasteiger partial charge in [0.15, 0.2) is 0 Å². The molecular formula is C19H31FN2O3S. The van der Waals surface area contributed by atoms with Crippen molar-refractivity contribution in [2.75, 3.05) is 17.1 Å². The van der Waals surface area contributed by atoms with Gasteiger partial charge in [0, 0.05) is 18.5 Å². The number of para-hydroxylation sites is 1. The van der Waals surface area contributed by atoms with Crippen LogP contribution in [0.3, 0.4) is 0 Å². The average Bonchev–Trinajstić information content (AvgIpc) is 2.40. The first-order chi connectivity index (χ1) is 11.7. The molecule has 7 heteroatoms. The van der Waals surface area contributed by atoms with Crippen molar-refractivity contribution in [1.82, 2.24) is 5.32 Å². The quantitative estimate of drug-likeness (QED) is 0.741. The van der Waals surface area contributed by atoms with Gasteiger partial charge in [0.1, 0.15) is 5.82 Å². The monoisotopic (exact) mass is 386 g/mol. The first kappa shape index (κ1) is 22.4. The molecule has 5 nitrogen and oxygen atoms in total. The van der Waals surface area contributed by atoms with E-state index >= 15 is 0 Å². The Kier molecular flexibility index (Phi) is 7.22. The van der Waals surface area contributed by atoms with Crippen LogP contribution in [0.25, 0.3) is 0 Å². The van der Waals surface area contributed by atoms with Crippen LogP contribution in [-0.2, 0) is 14.8 Å². The number of hydrogen-bond acceptors (Lipinski definition) is 3. The van der Waals surface area contributed by atoms with E-state index in [1.54, 1.807) is 6.07 Å². The summed E-state index contributed by atoms with van der Waals surface area (Å²) in [5.41, 5.74) is -0.269. The number of rotatable bonds is 8. The van der Waals surface area contributed by atoms with Crippen LogP contribution in [0.5, 0.6) is 0 Å². The third kappa shape index (κ3) is 7.72. The normalized spacial score (nSPS) is 12.7. The summed E-state index contributed by atoms with van der Waals surface area (Å²) in [5, 5.41) is 3.00. The van der Waals surface area contributed by atoms with E-state index < -0.39 is 15.8 Å². The molecule has 0 heterocycles. The minimum absolute atomic E-state index is 0.00321. The molecule has 1 amide bonds. The second-order valence-corrected chi connectivity index (χ2v) is 10.5. The molecule has 1 aromatic carbocycles. The molecule has 0 aromatic heterocycles. The minimum atomic E-state index is -3.64. The van der Waals surface area contributed by atoms with Crippen LogP contribution >= 0.6 is 0 Å². The van der Waals surface area contributed by atoms with E-state index in [1.165, 1.54) is 18.2 Å². The number of anilines is 1. The van der Waals surface area contributed by atoms with Gasteiger partial charge in [-0.05, 0) is 44.2 Å². The van der Waals surface area contributed by atoms with Crippen molar-refractivity contribution < 1.29 is 17.6 Å². The number of amides is 1. The van der Waals surface area contributed by atoms with Crippen LogP contribution in [-0.4, -0.2) is 32.7 Å². The van der Waals surface area contributed by atoms with Gasteiger partial charge < -0.3 is 5.32 Å². The Morgan fingerprint density at radius 1 is 1.15 bits per heavy atom. The van der Waals surface area contributed by atoms with E-state index in [0.29, 0.717) is 6.42 Å². The van der Waals surface area contributed by atoms with E-state index in [0.717, 1.165) is 17.0 Å². The predicted octanol–water partition coefficient (Wildman–Crippen LogP) is 3.70. The third-order valence-electron chi connectivity index (χ3n) is 3.74. The third-order valence-corrected chi connectivity index (χ3v) is 4.92. The summed E-state index contributed by atoms with van der Waals surface area (Å²) < 4.78 is 39.0. The smallest absolute Gasteiger partial charge is 0.232 e. The Balaban J connectivity index is 2.69. The summed E-state index contributed by atoms with van der Waals surface area (Å²) in [6, 6.07) is 5.72. The maximum Gasteiger partial charge on any atom is 0.232 e. The van der Waals surface area contributed by atoms with Crippen LogP contribution in [0.15, 0.2) is 24.3 Å². The molecule has 0 bridgehead atoms. The van der Waals surface area contributed by atoms with Gasteiger partial charge in [-0.25, -0.2) is 12.8 Å². The van der Waals surface area contributed by atoms with E-state index in [9.17, 15) is 17.6 Å². The molecule has 0 atom stereocenters. The Morgan fingerprint density at radius 3 is 2.23 bits per heavy atom. The summed E-state index contributed by atoms with van der Waals surface area (Å²) in [7, 11) is -3.64. The van der Waals surface area contributed by atoms with Gasteiger partial charge >= 0.3 is 0 Å². The van der Waals surface area contributed by atoms with E-state index in [-0.39, 0.29) is 35.5 Å². The standard InChI is InChI=1S/C19H31FN2O3S/c1-18(2,3)14-19(4,5)21-17(23)12-9-13-22(26(6,24)25)16-11-8-7-10-15(16)20/h7-8,10-11H,9,12-14H2,1-6H3,(H,21,23). The minimum Gasteiger partial charge on any atom is -0.351 e. The molecule has 1 rings (SSSR count). The Bertz CT molecular complexity index is 725. The van der Waals surface area contributed by atoms with Crippen molar-refractivity contribution in [1.29, 1.82) is 0 Å². The summed E-state index contributed by atoms with van der Waals surface area (Å²) in [6.07, 6.45) is 2.33. The highest BCUT2D eigenvalue weighted by Crippen LogP contribution is 2.27. The lowest BCUT2D eigenvalue weighted by Gasteiger charge is -2.33. The zero-order valence-corrected chi connectivity index (χ0v) is 17.4. The van der Waals surface area contributed by atoms with Crippen LogP contribution in [0.2, 0.25) is 0 Å². The van der Waals surface area contributed by atoms with Crippen molar-refractivity contribution >= 4 is 21.6 Å². The lowest BCUT2D eigenvalue weighted by atomic mass is 9.82. The fraction of sp³-hybridized carbons (Fsp3) is 0.632. The second kappa shape index (κ2) is 8.37. The van der Waals surface area contributed by atoms with Gasteiger partial charge in [0.05, 0.1) is 11.9 Å². The highest BCUT2D eigenvalue weighted by molar-refractivity contribution is 7.92. The summed E-state index contributed by atoms with van der Waals surface area (Å²) in [6.45, 7) is 10.3. The highest BCUT2D eigenvalue weighted by atomic mass is 32.2. The Labute approximate surface area is 157 Å². The van der Waals surface area contributed by atoms with Crippen molar-refractivity contribution in [3.8, 4) is 0 Å². The van der Waals surface area contributed by atoms with Crippen molar-refractivity contribution in [3.05, 3.63) is 30.1 Å². The van der Waals surface area contributed by atoms with Gasteiger partial charge in [0.25, 0.3) is 0 Å². The molecule has 0 unspecified atom stereocenters. The molecule has 0 radical (unpaired) electrons. The number of nitrogens with zero attached hydrogens (tertiary/aromatic N) is 1. The number of benzene rings is 1. The molecular weight excluding hydrogens is 355 g/mol. The van der Waals surface area contributed by atoms with Gasteiger partial charge in [0.2, 0.25) is 15.9 Å². The molecule has 26 heavy (non-hydrogen) atoms. The van der Waals surface area contributed by atoms with Crippen molar-refractivity contribution in [2.45, 2.75) is 59.4 Å². The summed E-state index contributed by atoms with van der Waals surface area (Å²) >= 11 is 0. The molecule has 0 aliphatic heterocycles. The molecule has 0 fully saturated rings. The predicted molar refractivity (Wildman–Crippen MR) is 104 cm³/mol. The van der Waals surface area contributed by atoms with Gasteiger partial charge in [-0.2, -0.15) is 0 Å². The SMILES string of the molecule is CC(C)(C)CC(C)(C)NC(=O)CCCN(c1ccccc1F)S(C)(=O)=O. The molecule has 0 aliphatic carbocycles. The first-order valence-electron chi connectivity index (χ1n) is 8.75. The van der Waals surface area contributed by atoms with Gasteiger partial charge in [-0.15, -0.1) is 0 Å². The lowest BCUT2D eigenvalue weighted by molar-refractivity contribution is -0.123. The zero-order valence-electron chi connectivity index (χ0n) is 16.6. The number of hydrogen-bond donors (Lipinski definition) is 1. The molecule has 1 N–H and O–H groups in total. The maximum atomic E-state index is 14.0. The average molecular weight is 387 g/mol. The van der Waals surface area contributed by atoms with Gasteiger partial charge in [-0.1, -0.05) is 32.9 Å². The number of halogens is 1. The van der Waals surface area contributed by atoms with Crippen LogP contribution < -0.4 is 9.62 Å². The topological polar surface area (TPSA) is 66.5 Å². The van der Waals surface area contributed by atoms with Crippen molar-refractivity contribution in [3.63, 3.8) is 0 Å².